The van der Waals surface area contributed by atoms with Crippen LogP contribution in [0.5, 0.6) is 0 Å². The second-order valence-electron chi connectivity index (χ2n) is 8.93. The van der Waals surface area contributed by atoms with Gasteiger partial charge < -0.3 is 14.8 Å². The quantitative estimate of drug-likeness (QED) is 0.395. The zero-order valence-electron chi connectivity index (χ0n) is 19.1. The highest BCUT2D eigenvalue weighted by molar-refractivity contribution is 5.76. The lowest BCUT2D eigenvalue weighted by atomic mass is 9.97. The standard InChI is InChI=1S/C29H29N3O/c1-21(2)23-14-16-24(17-15-23)28-27-13-8-18-31(27)26-12-7-6-11-25(26)20-32(28)29(33)30-19-22-9-4-3-5-10-22/h3-18,21,28H,19-20H2,1-2H3,(H,30,33)/t28-/m0/s1. The maximum atomic E-state index is 13.6. The molecule has 0 unspecified atom stereocenters. The number of hydrogen-bond acceptors (Lipinski definition) is 1. The third-order valence-corrected chi connectivity index (χ3v) is 6.43. The molecule has 4 aromatic rings. The van der Waals surface area contributed by atoms with Crippen molar-refractivity contribution in [3.8, 4) is 5.69 Å². The van der Waals surface area contributed by atoms with Gasteiger partial charge in [-0.25, -0.2) is 4.79 Å². The number of para-hydroxylation sites is 1. The lowest BCUT2D eigenvalue weighted by Gasteiger charge is -2.31. The summed E-state index contributed by atoms with van der Waals surface area (Å²) in [7, 11) is 0. The summed E-state index contributed by atoms with van der Waals surface area (Å²) >= 11 is 0. The summed E-state index contributed by atoms with van der Waals surface area (Å²) in [5, 5.41) is 3.16. The molecule has 166 valence electrons. The van der Waals surface area contributed by atoms with Gasteiger partial charge in [-0.15, -0.1) is 0 Å². The van der Waals surface area contributed by atoms with Crippen LogP contribution in [0.25, 0.3) is 5.69 Å². The zero-order valence-corrected chi connectivity index (χ0v) is 19.1. The molecule has 2 heterocycles. The molecule has 0 spiro atoms. The Morgan fingerprint density at radius 2 is 1.64 bits per heavy atom. The van der Waals surface area contributed by atoms with Crippen LogP contribution in [-0.4, -0.2) is 15.5 Å². The SMILES string of the molecule is CC(C)c1ccc([C@H]2c3cccn3-c3ccccc3CN2C(=O)NCc2ccccc2)cc1. The molecule has 33 heavy (non-hydrogen) atoms. The van der Waals surface area contributed by atoms with Crippen molar-refractivity contribution >= 4 is 6.03 Å². The second kappa shape index (κ2) is 8.99. The van der Waals surface area contributed by atoms with Crippen LogP contribution in [-0.2, 0) is 13.1 Å². The van der Waals surface area contributed by atoms with Crippen molar-refractivity contribution in [1.82, 2.24) is 14.8 Å². The molecule has 2 amide bonds. The fraction of sp³-hybridized carbons (Fsp3) is 0.207. The fourth-order valence-electron chi connectivity index (χ4n) is 4.63. The van der Waals surface area contributed by atoms with Crippen LogP contribution in [0, 0.1) is 0 Å². The minimum Gasteiger partial charge on any atom is -0.334 e. The molecule has 1 aromatic heterocycles. The molecular weight excluding hydrogens is 406 g/mol. The van der Waals surface area contributed by atoms with E-state index in [1.807, 2.05) is 41.3 Å². The van der Waals surface area contributed by atoms with E-state index in [2.05, 4.69) is 84.5 Å². The highest BCUT2D eigenvalue weighted by atomic mass is 16.2. The Morgan fingerprint density at radius 1 is 0.909 bits per heavy atom. The van der Waals surface area contributed by atoms with Gasteiger partial charge in [0.05, 0.1) is 18.3 Å². The maximum Gasteiger partial charge on any atom is 0.318 e. The van der Waals surface area contributed by atoms with E-state index in [9.17, 15) is 4.79 Å². The van der Waals surface area contributed by atoms with Crippen molar-refractivity contribution in [2.45, 2.75) is 38.9 Å². The Bertz CT molecular complexity index is 1240. The van der Waals surface area contributed by atoms with Crippen molar-refractivity contribution in [3.05, 3.63) is 125 Å². The summed E-state index contributed by atoms with van der Waals surface area (Å²) in [6.45, 7) is 5.43. The van der Waals surface area contributed by atoms with Gasteiger partial charge in [-0.05, 0) is 46.4 Å². The number of carbonyl (C=O) groups is 1. The topological polar surface area (TPSA) is 37.3 Å². The predicted molar refractivity (Wildman–Crippen MR) is 132 cm³/mol. The highest BCUT2D eigenvalue weighted by Crippen LogP contribution is 2.37. The number of nitrogens with one attached hydrogen (secondary N) is 1. The third kappa shape index (κ3) is 4.17. The first-order valence-corrected chi connectivity index (χ1v) is 11.6. The lowest BCUT2D eigenvalue weighted by Crippen LogP contribution is -2.41. The summed E-state index contributed by atoms with van der Waals surface area (Å²) < 4.78 is 2.22. The molecule has 5 rings (SSSR count). The Balaban J connectivity index is 1.56. The number of urea groups is 1. The lowest BCUT2D eigenvalue weighted by molar-refractivity contribution is 0.180. The molecule has 0 fully saturated rings. The van der Waals surface area contributed by atoms with E-state index < -0.39 is 0 Å². The molecule has 1 N–H and O–H groups in total. The van der Waals surface area contributed by atoms with E-state index in [1.165, 1.54) is 5.56 Å². The smallest absolute Gasteiger partial charge is 0.318 e. The highest BCUT2D eigenvalue weighted by Gasteiger charge is 2.32. The van der Waals surface area contributed by atoms with E-state index in [4.69, 9.17) is 0 Å². The fourth-order valence-corrected chi connectivity index (χ4v) is 4.63. The predicted octanol–water partition coefficient (Wildman–Crippen LogP) is 6.42. The van der Waals surface area contributed by atoms with E-state index in [0.717, 1.165) is 28.1 Å². The molecule has 1 atom stereocenters. The van der Waals surface area contributed by atoms with Gasteiger partial charge >= 0.3 is 6.03 Å². The first-order chi connectivity index (χ1) is 16.1. The Kier molecular flexibility index (Phi) is 5.74. The van der Waals surface area contributed by atoms with Gasteiger partial charge in [-0.1, -0.05) is 86.6 Å². The van der Waals surface area contributed by atoms with Gasteiger partial charge in [0.1, 0.15) is 0 Å². The summed E-state index contributed by atoms with van der Waals surface area (Å²) in [5.41, 5.74) is 6.84. The molecule has 0 saturated carbocycles. The minimum atomic E-state index is -0.190. The van der Waals surface area contributed by atoms with Crippen LogP contribution in [0.2, 0.25) is 0 Å². The number of carbonyl (C=O) groups excluding carboxylic acids is 1. The van der Waals surface area contributed by atoms with Crippen LogP contribution >= 0.6 is 0 Å². The van der Waals surface area contributed by atoms with Gasteiger partial charge in [0, 0.05) is 18.4 Å². The normalized spacial score (nSPS) is 15.0. The van der Waals surface area contributed by atoms with Crippen LogP contribution in [0.15, 0.2) is 97.2 Å². The largest absolute Gasteiger partial charge is 0.334 e. The van der Waals surface area contributed by atoms with Crippen LogP contribution in [0.1, 0.15) is 53.8 Å². The second-order valence-corrected chi connectivity index (χ2v) is 8.93. The number of fused-ring (bicyclic) bond motifs is 3. The van der Waals surface area contributed by atoms with Gasteiger partial charge in [0.2, 0.25) is 0 Å². The van der Waals surface area contributed by atoms with Gasteiger partial charge in [0.15, 0.2) is 0 Å². The molecule has 4 nitrogen and oxygen atoms in total. The monoisotopic (exact) mass is 435 g/mol. The molecule has 0 bridgehead atoms. The van der Waals surface area contributed by atoms with Crippen molar-refractivity contribution in [2.75, 3.05) is 0 Å². The summed E-state index contributed by atoms with van der Waals surface area (Å²) in [5.74, 6) is 0.464. The number of hydrogen-bond donors (Lipinski definition) is 1. The number of aromatic nitrogens is 1. The van der Waals surface area contributed by atoms with Crippen LogP contribution in [0.4, 0.5) is 4.79 Å². The average molecular weight is 436 g/mol. The number of amides is 2. The minimum absolute atomic E-state index is 0.0683. The molecule has 4 heteroatoms. The van der Waals surface area contributed by atoms with Crippen LogP contribution in [0.3, 0.4) is 0 Å². The van der Waals surface area contributed by atoms with Crippen molar-refractivity contribution in [2.24, 2.45) is 0 Å². The first kappa shape index (κ1) is 21.1. The van der Waals surface area contributed by atoms with E-state index in [-0.39, 0.29) is 12.1 Å². The Labute approximate surface area is 195 Å². The zero-order chi connectivity index (χ0) is 22.8. The van der Waals surface area contributed by atoms with E-state index >= 15 is 0 Å². The van der Waals surface area contributed by atoms with Gasteiger partial charge in [0.25, 0.3) is 0 Å². The summed E-state index contributed by atoms with van der Waals surface area (Å²) in [4.78, 5) is 15.6. The molecule has 0 radical (unpaired) electrons. The summed E-state index contributed by atoms with van der Waals surface area (Å²) in [6, 6.07) is 31.0. The first-order valence-electron chi connectivity index (χ1n) is 11.6. The molecule has 1 aliphatic heterocycles. The van der Waals surface area contributed by atoms with Crippen molar-refractivity contribution in [1.29, 1.82) is 0 Å². The number of nitrogens with zero attached hydrogens (tertiary/aromatic N) is 2. The average Bonchev–Trinajstić information content (AvgIpc) is 3.27. The Morgan fingerprint density at radius 3 is 2.39 bits per heavy atom. The van der Waals surface area contributed by atoms with Gasteiger partial charge in [-0.2, -0.15) is 0 Å². The van der Waals surface area contributed by atoms with E-state index in [0.29, 0.717) is 19.0 Å². The summed E-state index contributed by atoms with van der Waals surface area (Å²) in [6.07, 6.45) is 2.09. The number of benzene rings is 3. The molecule has 0 saturated heterocycles. The molecule has 0 aliphatic carbocycles. The van der Waals surface area contributed by atoms with Crippen LogP contribution < -0.4 is 5.32 Å². The Hall–Kier alpha value is -3.79. The molecule has 1 aliphatic rings. The van der Waals surface area contributed by atoms with Gasteiger partial charge in [-0.3, -0.25) is 0 Å². The van der Waals surface area contributed by atoms with Crippen molar-refractivity contribution in [3.63, 3.8) is 0 Å². The molecular formula is C29H29N3O. The number of rotatable bonds is 4. The third-order valence-electron chi connectivity index (χ3n) is 6.43. The maximum absolute atomic E-state index is 13.6. The van der Waals surface area contributed by atoms with Crippen molar-refractivity contribution < 1.29 is 4.79 Å². The molecule has 3 aromatic carbocycles. The van der Waals surface area contributed by atoms with E-state index in [1.54, 1.807) is 0 Å².